The lowest BCUT2D eigenvalue weighted by Crippen LogP contribution is -1.75. The predicted octanol–water partition coefficient (Wildman–Crippen LogP) is 0.891. The van der Waals surface area contributed by atoms with E-state index in [9.17, 15) is 9.46 Å². The van der Waals surface area contributed by atoms with Crippen molar-refractivity contribution in [2.24, 2.45) is 0 Å². The Morgan fingerprint density at radius 2 is 2.20 bits per heavy atom. The van der Waals surface area contributed by atoms with E-state index in [2.05, 4.69) is 10.7 Å². The van der Waals surface area contributed by atoms with Crippen LogP contribution in [0.25, 0.3) is 0 Å². The van der Waals surface area contributed by atoms with E-state index >= 15 is 0 Å². The lowest BCUT2D eigenvalue weighted by Gasteiger charge is -1.64. The van der Waals surface area contributed by atoms with Gasteiger partial charge in [-0.25, -0.2) is 0 Å². The summed E-state index contributed by atoms with van der Waals surface area (Å²) in [6.45, 7) is 0. The smallest absolute Gasteiger partial charge is 0.401 e. The van der Waals surface area contributed by atoms with Crippen molar-refractivity contribution in [2.45, 2.75) is 0 Å². The molecule has 0 aromatic carbocycles. The van der Waals surface area contributed by atoms with E-state index in [1.165, 1.54) is 0 Å². The van der Waals surface area contributed by atoms with Crippen molar-refractivity contribution >= 4 is 28.5 Å². The summed E-state index contributed by atoms with van der Waals surface area (Å²) in [5, 5.41) is 0. The minimum absolute atomic E-state index is 0.306. The molecule has 0 saturated carbocycles. The van der Waals surface area contributed by atoms with E-state index in [0.29, 0.717) is 10.6 Å². The molecule has 1 atom stereocenters. The van der Waals surface area contributed by atoms with E-state index in [0.717, 1.165) is 0 Å². The second-order valence-electron chi connectivity index (χ2n) is 0.293. The molecule has 2 nitrogen and oxygen atoms in total. The summed E-state index contributed by atoms with van der Waals surface area (Å²) in [5.41, 5.74) is 0. The molecule has 0 aliphatic heterocycles. The van der Waals surface area contributed by atoms with Gasteiger partial charge in [-0.2, -0.15) is 0 Å². The van der Waals surface area contributed by atoms with E-state index in [-0.39, 0.29) is 0 Å². The molecule has 30 valence electrons. The van der Waals surface area contributed by atoms with Gasteiger partial charge in [0.1, 0.15) is 0 Å². The standard InChI is InChI=1S/ClO2PS/c1-5-4(2)3. The molecule has 0 aromatic rings. The monoisotopic (exact) mass is 130 g/mol. The van der Waals surface area contributed by atoms with Gasteiger partial charge in [0, 0.05) is 10.7 Å². The van der Waals surface area contributed by atoms with Crippen molar-refractivity contribution in [2.75, 3.05) is 0 Å². The third-order valence-corrected chi connectivity index (χ3v) is 1.52. The Morgan fingerprint density at radius 3 is 2.20 bits per heavy atom. The Kier molecular flexibility index (Phi) is 3.32. The van der Waals surface area contributed by atoms with Crippen molar-refractivity contribution < 1.29 is 9.46 Å². The summed E-state index contributed by atoms with van der Waals surface area (Å²) in [7, 11) is 2.55. The Bertz CT molecular complexity index is 44.9. The Morgan fingerprint density at radius 1 is 2.00 bits per heavy atom. The fourth-order valence-corrected chi connectivity index (χ4v) is 0. The SMILES string of the molecule is O=[P+]([O-])SCl. The van der Waals surface area contributed by atoms with E-state index in [1.54, 1.807) is 0 Å². The van der Waals surface area contributed by atoms with Crippen LogP contribution in [0.1, 0.15) is 0 Å². The highest BCUT2D eigenvalue weighted by Gasteiger charge is 1.92. The normalized spacial score (nSPS) is 11.2. The Hall–Kier alpha value is 0.700. The zero-order valence-corrected chi connectivity index (χ0v) is 4.52. The summed E-state index contributed by atoms with van der Waals surface area (Å²) in [6.07, 6.45) is 0. The second-order valence-corrected chi connectivity index (χ2v) is 3.43. The average molecular weight is 130 g/mol. The van der Waals surface area contributed by atoms with E-state index in [4.69, 9.17) is 0 Å². The van der Waals surface area contributed by atoms with Crippen LogP contribution in [0.3, 0.4) is 0 Å². The Balaban J connectivity index is 2.85. The van der Waals surface area contributed by atoms with Crippen LogP contribution in [0.2, 0.25) is 0 Å². The van der Waals surface area contributed by atoms with Crippen molar-refractivity contribution in [1.82, 2.24) is 0 Å². The summed E-state index contributed by atoms with van der Waals surface area (Å²) >= 11 is 0. The lowest BCUT2D eigenvalue weighted by atomic mass is 15.9. The Labute approximate surface area is 38.6 Å². The van der Waals surface area contributed by atoms with Crippen molar-refractivity contribution in [3.05, 3.63) is 0 Å². The first-order chi connectivity index (χ1) is 2.27. The van der Waals surface area contributed by atoms with Gasteiger partial charge in [0.05, 0.1) is 0 Å². The summed E-state index contributed by atoms with van der Waals surface area (Å²) in [4.78, 5) is 9.24. The van der Waals surface area contributed by atoms with Crippen LogP contribution in [-0.4, -0.2) is 0 Å². The highest BCUT2D eigenvalue weighted by Crippen LogP contribution is 2.31. The molecule has 0 heterocycles. The zero-order chi connectivity index (χ0) is 4.28. The fourth-order valence-electron chi connectivity index (χ4n) is 0. The van der Waals surface area contributed by atoms with Gasteiger partial charge in [0.2, 0.25) is 10.6 Å². The second kappa shape index (κ2) is 2.91. The third-order valence-electron chi connectivity index (χ3n) is 0.0563. The summed E-state index contributed by atoms with van der Waals surface area (Å²) in [6, 6.07) is 0. The molecule has 0 aliphatic carbocycles. The molecule has 0 rings (SSSR count). The van der Waals surface area contributed by atoms with Crippen molar-refractivity contribution in [3.8, 4) is 0 Å². The van der Waals surface area contributed by atoms with Crippen LogP contribution in [0.4, 0.5) is 0 Å². The maximum absolute atomic E-state index is 9.24. The number of hydrogen-bond acceptors (Lipinski definition) is 3. The predicted molar refractivity (Wildman–Crippen MR) is 21.1 cm³/mol. The van der Waals surface area contributed by atoms with Gasteiger partial charge < -0.3 is 4.89 Å². The highest BCUT2D eigenvalue weighted by molar-refractivity contribution is 8.61. The molecule has 0 amide bonds. The van der Waals surface area contributed by atoms with Gasteiger partial charge >= 0.3 is 7.23 Å². The number of halogens is 1. The molecule has 0 N–H and O–H groups in total. The quantitative estimate of drug-likeness (QED) is 0.495. The van der Waals surface area contributed by atoms with Gasteiger partial charge in [-0.05, 0) is 0 Å². The van der Waals surface area contributed by atoms with Gasteiger partial charge in [-0.15, -0.1) is 0 Å². The van der Waals surface area contributed by atoms with E-state index < -0.39 is 7.23 Å². The molecule has 0 radical (unpaired) electrons. The molecular formula is ClO2PS. The van der Waals surface area contributed by atoms with Gasteiger partial charge in [-0.3, -0.25) is 0 Å². The van der Waals surface area contributed by atoms with Gasteiger partial charge in [0.25, 0.3) is 0 Å². The average Bonchev–Trinajstić information content (AvgIpc) is 1.38. The van der Waals surface area contributed by atoms with Crippen LogP contribution in [0, 0.1) is 0 Å². The van der Waals surface area contributed by atoms with Gasteiger partial charge in [0.15, 0.2) is 0 Å². The molecule has 0 bridgehead atoms. The molecule has 1 unspecified atom stereocenters. The lowest BCUT2D eigenvalue weighted by molar-refractivity contribution is -0.157. The van der Waals surface area contributed by atoms with Gasteiger partial charge in [-0.1, -0.05) is 4.57 Å². The zero-order valence-electron chi connectivity index (χ0n) is 2.05. The molecule has 0 aromatic heterocycles. The van der Waals surface area contributed by atoms with Crippen molar-refractivity contribution in [1.29, 1.82) is 0 Å². The minimum Gasteiger partial charge on any atom is -0.584 e. The maximum Gasteiger partial charge on any atom is 0.401 e. The fraction of sp³-hybridized carbons (Fsp3) is 0. The van der Waals surface area contributed by atoms with Crippen LogP contribution in [0.5, 0.6) is 0 Å². The van der Waals surface area contributed by atoms with Crippen molar-refractivity contribution in [3.63, 3.8) is 0 Å². The summed E-state index contributed by atoms with van der Waals surface area (Å²) < 4.78 is 9.24. The first-order valence-corrected chi connectivity index (χ1v) is 4.13. The first-order valence-electron chi connectivity index (χ1n) is 0.702. The molecule has 0 fully saturated rings. The van der Waals surface area contributed by atoms with Crippen LogP contribution >= 0.6 is 28.5 Å². The topological polar surface area (TPSA) is 40.1 Å². The first kappa shape index (κ1) is 5.70. The molecule has 0 spiro atoms. The molecule has 5 heavy (non-hydrogen) atoms. The molecule has 5 heteroatoms. The highest BCUT2D eigenvalue weighted by atomic mass is 35.7. The maximum atomic E-state index is 9.24. The third kappa shape index (κ3) is 4.70. The summed E-state index contributed by atoms with van der Waals surface area (Å²) in [5.74, 6) is 0. The number of rotatable bonds is 1. The van der Waals surface area contributed by atoms with Crippen LogP contribution < -0.4 is 4.89 Å². The molecule has 0 saturated heterocycles. The van der Waals surface area contributed by atoms with Crippen LogP contribution in [0.15, 0.2) is 0 Å². The van der Waals surface area contributed by atoms with Crippen LogP contribution in [-0.2, 0) is 4.57 Å². The minimum atomic E-state index is -2.42. The molecular weight excluding hydrogens is 130 g/mol. The van der Waals surface area contributed by atoms with E-state index in [1.807, 2.05) is 0 Å². The largest absolute Gasteiger partial charge is 0.584 e. The molecule has 0 aliphatic rings. The number of hydrogen-bond donors (Lipinski definition) is 0.